The quantitative estimate of drug-likeness (QED) is 0.346. The Kier molecular flexibility index (Phi) is 9.41. The third-order valence-electron chi connectivity index (χ3n) is 4.75. The Bertz CT molecular complexity index is 670. The molecule has 2 aromatic rings. The fourth-order valence-electron chi connectivity index (χ4n) is 3.19. The number of benzene rings is 1. The second kappa shape index (κ2) is 11.5. The van der Waals surface area contributed by atoms with Crippen LogP contribution in [0.2, 0.25) is 0 Å². The van der Waals surface area contributed by atoms with E-state index in [1.807, 2.05) is 30.3 Å². The van der Waals surface area contributed by atoms with Crippen molar-refractivity contribution in [1.29, 1.82) is 0 Å². The molecule has 1 aromatic carbocycles. The summed E-state index contributed by atoms with van der Waals surface area (Å²) in [5, 5.41) is 7.81. The predicted molar refractivity (Wildman–Crippen MR) is 126 cm³/mol. The monoisotopic (exact) mass is 499 g/mol. The third kappa shape index (κ3) is 6.68. The van der Waals surface area contributed by atoms with Crippen LogP contribution in [0.25, 0.3) is 0 Å². The van der Waals surface area contributed by atoms with Crippen LogP contribution in [0.4, 0.5) is 0 Å². The minimum atomic E-state index is 0. The van der Waals surface area contributed by atoms with Crippen LogP contribution in [0.3, 0.4) is 0 Å². The second-order valence-electron chi connectivity index (χ2n) is 6.77. The zero-order valence-corrected chi connectivity index (χ0v) is 19.3. The van der Waals surface area contributed by atoms with Gasteiger partial charge in [-0.25, -0.2) is 0 Å². The lowest BCUT2D eigenvalue weighted by Crippen LogP contribution is -2.47. The molecule has 1 aliphatic heterocycles. The molecule has 1 unspecified atom stereocenters. The molecule has 0 amide bonds. The maximum absolute atomic E-state index is 6.10. The van der Waals surface area contributed by atoms with Gasteiger partial charge in [0.25, 0.3) is 0 Å². The molecule has 1 aliphatic rings. The van der Waals surface area contributed by atoms with Crippen LogP contribution in [0.15, 0.2) is 52.2 Å². The van der Waals surface area contributed by atoms with E-state index in [9.17, 15) is 0 Å². The van der Waals surface area contributed by atoms with E-state index in [0.29, 0.717) is 12.0 Å². The van der Waals surface area contributed by atoms with Gasteiger partial charge in [0.1, 0.15) is 11.9 Å². The molecule has 0 radical (unpaired) electrons. The largest absolute Gasteiger partial charge is 0.490 e. The Morgan fingerprint density at radius 3 is 2.63 bits per heavy atom. The van der Waals surface area contributed by atoms with Crippen LogP contribution in [-0.4, -0.2) is 43.1 Å². The highest BCUT2D eigenvalue weighted by Gasteiger charge is 2.22. The summed E-state index contributed by atoms with van der Waals surface area (Å²) in [5.74, 6) is 2.46. The molecule has 1 N–H and O–H groups in total. The Hall–Kier alpha value is -1.28. The molecule has 1 fully saturated rings. The van der Waals surface area contributed by atoms with Gasteiger partial charge in [-0.3, -0.25) is 4.99 Å². The average Bonchev–Trinajstić information content (AvgIpc) is 3.21. The normalized spacial score (nSPS) is 16.5. The Balaban J connectivity index is 0.00000261. The zero-order valence-electron chi connectivity index (χ0n) is 16.1. The molecule has 3 rings (SSSR count). The van der Waals surface area contributed by atoms with Crippen molar-refractivity contribution in [3.05, 3.63) is 52.7 Å². The van der Waals surface area contributed by atoms with Crippen LogP contribution in [0.1, 0.15) is 38.2 Å². The van der Waals surface area contributed by atoms with Crippen molar-refractivity contribution in [2.75, 3.05) is 26.2 Å². The first-order chi connectivity index (χ1) is 12.8. The van der Waals surface area contributed by atoms with E-state index in [2.05, 4.69) is 40.9 Å². The summed E-state index contributed by atoms with van der Waals surface area (Å²) in [6.45, 7) is 8.05. The van der Waals surface area contributed by atoms with E-state index in [1.165, 1.54) is 5.56 Å². The van der Waals surface area contributed by atoms with Gasteiger partial charge < -0.3 is 15.0 Å². The maximum atomic E-state index is 6.10. The fourth-order valence-corrected chi connectivity index (χ4v) is 3.97. The molecular weight excluding hydrogens is 469 g/mol. The number of rotatable bonds is 6. The summed E-state index contributed by atoms with van der Waals surface area (Å²) in [6.07, 6.45) is 2.35. The fraction of sp³-hybridized carbons (Fsp3) is 0.476. The molecule has 2 heterocycles. The molecule has 0 bridgehead atoms. The molecule has 1 saturated heterocycles. The smallest absolute Gasteiger partial charge is 0.193 e. The van der Waals surface area contributed by atoms with Gasteiger partial charge in [0.2, 0.25) is 0 Å². The number of guanidine groups is 1. The first kappa shape index (κ1) is 22.0. The molecule has 148 valence electrons. The molecule has 27 heavy (non-hydrogen) atoms. The molecule has 1 atom stereocenters. The minimum absolute atomic E-state index is 0. The number of piperidine rings is 1. The first-order valence-corrected chi connectivity index (χ1v) is 10.5. The molecule has 0 aliphatic carbocycles. The van der Waals surface area contributed by atoms with E-state index in [1.54, 1.807) is 11.3 Å². The summed E-state index contributed by atoms with van der Waals surface area (Å²) in [4.78, 5) is 7.27. The van der Waals surface area contributed by atoms with Gasteiger partial charge in [-0.2, -0.15) is 11.3 Å². The highest BCUT2D eigenvalue weighted by molar-refractivity contribution is 14.0. The van der Waals surface area contributed by atoms with Crippen molar-refractivity contribution in [3.63, 3.8) is 0 Å². The van der Waals surface area contributed by atoms with E-state index in [-0.39, 0.29) is 24.0 Å². The highest BCUT2D eigenvalue weighted by atomic mass is 127. The van der Waals surface area contributed by atoms with Crippen LogP contribution in [0, 0.1) is 0 Å². The zero-order chi connectivity index (χ0) is 18.2. The number of hydrogen-bond donors (Lipinski definition) is 1. The van der Waals surface area contributed by atoms with Crippen molar-refractivity contribution in [3.8, 4) is 5.75 Å². The Morgan fingerprint density at radius 2 is 2.00 bits per heavy atom. The van der Waals surface area contributed by atoms with Gasteiger partial charge in [0, 0.05) is 44.9 Å². The van der Waals surface area contributed by atoms with Crippen LogP contribution >= 0.6 is 35.3 Å². The summed E-state index contributed by atoms with van der Waals surface area (Å²) in [5.41, 5.74) is 1.38. The van der Waals surface area contributed by atoms with Gasteiger partial charge in [0.15, 0.2) is 5.96 Å². The highest BCUT2D eigenvalue weighted by Crippen LogP contribution is 2.20. The number of aliphatic imine (C=N–C) groups is 1. The molecule has 6 heteroatoms. The topological polar surface area (TPSA) is 36.9 Å². The van der Waals surface area contributed by atoms with Gasteiger partial charge in [0.05, 0.1) is 0 Å². The maximum Gasteiger partial charge on any atom is 0.193 e. The van der Waals surface area contributed by atoms with Gasteiger partial charge in [-0.1, -0.05) is 25.1 Å². The number of likely N-dealkylation sites (tertiary alicyclic amines) is 1. The van der Waals surface area contributed by atoms with Crippen molar-refractivity contribution in [2.24, 2.45) is 4.99 Å². The first-order valence-electron chi connectivity index (χ1n) is 9.53. The third-order valence-corrected chi connectivity index (χ3v) is 5.45. The van der Waals surface area contributed by atoms with E-state index >= 15 is 0 Å². The van der Waals surface area contributed by atoms with E-state index < -0.39 is 0 Å². The average molecular weight is 499 g/mol. The SMILES string of the molecule is CCNC(=NCC(C)c1ccsc1)N1CCC(Oc2ccccc2)CC1.I. The van der Waals surface area contributed by atoms with E-state index in [4.69, 9.17) is 9.73 Å². The predicted octanol–water partition coefficient (Wildman–Crippen LogP) is 4.98. The Morgan fingerprint density at radius 1 is 1.26 bits per heavy atom. The van der Waals surface area contributed by atoms with Crippen molar-refractivity contribution in [1.82, 2.24) is 10.2 Å². The molecule has 1 aromatic heterocycles. The lowest BCUT2D eigenvalue weighted by molar-refractivity contribution is 0.129. The second-order valence-corrected chi connectivity index (χ2v) is 7.55. The van der Waals surface area contributed by atoms with Crippen molar-refractivity contribution < 1.29 is 4.74 Å². The summed E-state index contributed by atoms with van der Waals surface area (Å²) >= 11 is 1.75. The van der Waals surface area contributed by atoms with Crippen LogP contribution in [0.5, 0.6) is 5.75 Å². The number of para-hydroxylation sites is 1. The van der Waals surface area contributed by atoms with Crippen molar-refractivity contribution >= 4 is 41.3 Å². The summed E-state index contributed by atoms with van der Waals surface area (Å²) < 4.78 is 6.10. The molecule has 0 spiro atoms. The summed E-state index contributed by atoms with van der Waals surface area (Å²) in [7, 11) is 0. The molecular formula is C21H30IN3OS. The van der Waals surface area contributed by atoms with Gasteiger partial charge in [-0.15, -0.1) is 24.0 Å². The number of nitrogens with one attached hydrogen (secondary N) is 1. The number of thiophene rings is 1. The van der Waals surface area contributed by atoms with E-state index in [0.717, 1.165) is 50.7 Å². The van der Waals surface area contributed by atoms with Gasteiger partial charge >= 0.3 is 0 Å². The van der Waals surface area contributed by atoms with Crippen LogP contribution in [-0.2, 0) is 0 Å². The van der Waals surface area contributed by atoms with Crippen molar-refractivity contribution in [2.45, 2.75) is 38.7 Å². The standard InChI is InChI=1S/C21H29N3OS.HI/c1-3-22-21(23-15-17(2)18-11-14-26-16-18)24-12-9-20(10-13-24)25-19-7-5-4-6-8-19;/h4-8,11,14,16-17,20H,3,9-10,12-13,15H2,1-2H3,(H,22,23);1H. The number of halogens is 1. The summed E-state index contributed by atoms with van der Waals surface area (Å²) in [6, 6.07) is 12.3. The molecule has 4 nitrogen and oxygen atoms in total. The van der Waals surface area contributed by atoms with Crippen LogP contribution < -0.4 is 10.1 Å². The number of hydrogen-bond acceptors (Lipinski definition) is 3. The minimum Gasteiger partial charge on any atom is -0.490 e. The Labute approximate surface area is 184 Å². The molecule has 0 saturated carbocycles. The number of nitrogens with zero attached hydrogens (tertiary/aromatic N) is 2. The number of ether oxygens (including phenoxy) is 1. The lowest BCUT2D eigenvalue weighted by Gasteiger charge is -2.34. The van der Waals surface area contributed by atoms with Gasteiger partial charge in [-0.05, 0) is 41.4 Å². The lowest BCUT2D eigenvalue weighted by atomic mass is 10.1.